The predicted molar refractivity (Wildman–Crippen MR) is 64.4 cm³/mol. The maximum atomic E-state index is 9.43. The van der Waals surface area contributed by atoms with Crippen molar-refractivity contribution in [3.8, 4) is 0 Å². The number of hydrogen-bond acceptors (Lipinski definition) is 5. The van der Waals surface area contributed by atoms with E-state index in [4.69, 9.17) is 0 Å². The van der Waals surface area contributed by atoms with E-state index in [2.05, 4.69) is 22.2 Å². The smallest absolute Gasteiger partial charge is 0.116 e. The van der Waals surface area contributed by atoms with E-state index >= 15 is 0 Å². The summed E-state index contributed by atoms with van der Waals surface area (Å²) in [6.45, 7) is 2.21. The molecule has 1 aromatic heterocycles. The van der Waals surface area contributed by atoms with Gasteiger partial charge in [-0.2, -0.15) is 0 Å². The van der Waals surface area contributed by atoms with Crippen LogP contribution < -0.4 is 5.32 Å². The van der Waals surface area contributed by atoms with Crippen LogP contribution in [-0.2, 0) is 0 Å². The minimum Gasteiger partial charge on any atom is -0.394 e. The van der Waals surface area contributed by atoms with Gasteiger partial charge in [-0.05, 0) is 25.8 Å². The topological polar surface area (TPSA) is 58.0 Å². The highest BCUT2D eigenvalue weighted by Crippen LogP contribution is 2.26. The van der Waals surface area contributed by atoms with Gasteiger partial charge in [0, 0.05) is 23.5 Å². The first-order chi connectivity index (χ1) is 7.72. The molecule has 4 nitrogen and oxygen atoms in total. The van der Waals surface area contributed by atoms with Gasteiger partial charge in [0.2, 0.25) is 0 Å². The molecule has 1 unspecified atom stereocenters. The Morgan fingerprint density at radius 1 is 1.62 bits per heavy atom. The fraction of sp³-hybridized carbons (Fsp3) is 0.636. The highest BCUT2D eigenvalue weighted by Gasteiger charge is 2.32. The Hall–Kier alpha value is -0.650. The van der Waals surface area contributed by atoms with Gasteiger partial charge in [-0.3, -0.25) is 0 Å². The highest BCUT2D eigenvalue weighted by molar-refractivity contribution is 7.99. The molecule has 2 N–H and O–H groups in total. The average molecular weight is 239 g/mol. The second-order valence-electron chi connectivity index (χ2n) is 4.47. The third-order valence-electron chi connectivity index (χ3n) is 2.57. The summed E-state index contributed by atoms with van der Waals surface area (Å²) in [5, 5.41) is 13.9. The molecule has 0 aromatic carbocycles. The molecule has 5 heteroatoms. The number of aromatic nitrogens is 2. The zero-order valence-corrected chi connectivity index (χ0v) is 10.2. The van der Waals surface area contributed by atoms with E-state index in [1.54, 1.807) is 24.3 Å². The van der Waals surface area contributed by atoms with Gasteiger partial charge in [-0.15, -0.1) is 11.8 Å². The maximum absolute atomic E-state index is 9.43. The number of aliphatic hydroxyl groups excluding tert-OH is 1. The molecule has 88 valence electrons. The summed E-state index contributed by atoms with van der Waals surface area (Å²) in [5.74, 6) is 0.816. The molecule has 1 atom stereocenters. The quantitative estimate of drug-likeness (QED) is 0.574. The van der Waals surface area contributed by atoms with Crippen molar-refractivity contribution in [2.45, 2.75) is 36.4 Å². The lowest BCUT2D eigenvalue weighted by molar-refractivity contribution is 0.190. The van der Waals surface area contributed by atoms with Crippen molar-refractivity contribution < 1.29 is 5.11 Å². The summed E-state index contributed by atoms with van der Waals surface area (Å²) < 4.78 is 0. The van der Waals surface area contributed by atoms with Crippen molar-refractivity contribution in [3.05, 3.63) is 18.6 Å². The largest absolute Gasteiger partial charge is 0.394 e. The maximum Gasteiger partial charge on any atom is 0.116 e. The molecule has 1 aliphatic rings. The Kier molecular flexibility index (Phi) is 3.78. The molecule has 0 spiro atoms. The van der Waals surface area contributed by atoms with Crippen LogP contribution in [0.1, 0.15) is 19.8 Å². The Morgan fingerprint density at radius 3 is 3.00 bits per heavy atom. The van der Waals surface area contributed by atoms with Gasteiger partial charge in [0.05, 0.1) is 11.6 Å². The van der Waals surface area contributed by atoms with Crippen LogP contribution in [0.4, 0.5) is 0 Å². The molecular formula is C11H17N3OS. The second-order valence-corrected chi connectivity index (χ2v) is 5.47. The van der Waals surface area contributed by atoms with Crippen LogP contribution in [0.15, 0.2) is 23.6 Å². The first-order valence-electron chi connectivity index (χ1n) is 5.49. The summed E-state index contributed by atoms with van der Waals surface area (Å²) >= 11 is 1.65. The molecule has 0 radical (unpaired) electrons. The van der Waals surface area contributed by atoms with Gasteiger partial charge in [0.15, 0.2) is 0 Å². The molecular weight excluding hydrogens is 222 g/mol. The molecule has 1 aromatic rings. The Balaban J connectivity index is 1.86. The van der Waals surface area contributed by atoms with Gasteiger partial charge in [0.25, 0.3) is 0 Å². The lowest BCUT2D eigenvalue weighted by Crippen LogP contribution is -2.49. The van der Waals surface area contributed by atoms with Crippen LogP contribution in [0.5, 0.6) is 0 Å². The Morgan fingerprint density at radius 2 is 2.44 bits per heavy atom. The highest BCUT2D eigenvalue weighted by atomic mass is 32.2. The molecule has 0 aliphatic heterocycles. The van der Waals surface area contributed by atoms with E-state index in [9.17, 15) is 5.11 Å². The molecule has 0 amide bonds. The zero-order chi connectivity index (χ0) is 11.4. The van der Waals surface area contributed by atoms with Crippen LogP contribution in [0, 0.1) is 0 Å². The zero-order valence-electron chi connectivity index (χ0n) is 9.39. The molecule has 1 fully saturated rings. The van der Waals surface area contributed by atoms with Crippen LogP contribution in [0.3, 0.4) is 0 Å². The van der Waals surface area contributed by atoms with Gasteiger partial charge >= 0.3 is 0 Å². The van der Waals surface area contributed by atoms with Gasteiger partial charge in [-0.1, -0.05) is 0 Å². The summed E-state index contributed by atoms with van der Waals surface area (Å²) in [7, 11) is 0. The van der Waals surface area contributed by atoms with Crippen LogP contribution in [0.25, 0.3) is 0 Å². The Labute approximate surface area is 99.9 Å². The SMILES string of the molecule is CC(CO)(CSc1ccncn1)NC1CC1. The van der Waals surface area contributed by atoms with E-state index < -0.39 is 0 Å². The number of nitrogens with zero attached hydrogens (tertiary/aromatic N) is 2. The first-order valence-corrected chi connectivity index (χ1v) is 6.48. The predicted octanol–water partition coefficient (Wildman–Crippen LogP) is 1.07. The van der Waals surface area contributed by atoms with Crippen molar-refractivity contribution in [1.82, 2.24) is 15.3 Å². The molecule has 0 bridgehead atoms. The number of hydrogen-bond donors (Lipinski definition) is 2. The number of rotatable bonds is 6. The van der Waals surface area contributed by atoms with Gasteiger partial charge < -0.3 is 10.4 Å². The molecule has 1 saturated carbocycles. The Bertz CT molecular complexity index is 331. The lowest BCUT2D eigenvalue weighted by atomic mass is 10.1. The van der Waals surface area contributed by atoms with E-state index in [1.165, 1.54) is 12.8 Å². The van der Waals surface area contributed by atoms with Crippen LogP contribution >= 0.6 is 11.8 Å². The third kappa shape index (κ3) is 3.43. The van der Waals surface area contributed by atoms with Gasteiger partial charge in [-0.25, -0.2) is 9.97 Å². The fourth-order valence-electron chi connectivity index (χ4n) is 1.45. The van der Waals surface area contributed by atoms with E-state index in [0.717, 1.165) is 10.8 Å². The molecule has 1 aliphatic carbocycles. The van der Waals surface area contributed by atoms with Crippen LogP contribution in [-0.4, -0.2) is 39.0 Å². The third-order valence-corrected chi connectivity index (χ3v) is 3.89. The van der Waals surface area contributed by atoms with E-state index in [0.29, 0.717) is 6.04 Å². The van der Waals surface area contributed by atoms with Crippen molar-refractivity contribution in [3.63, 3.8) is 0 Å². The molecule has 0 saturated heterocycles. The minimum absolute atomic E-state index is 0.154. The van der Waals surface area contributed by atoms with E-state index in [1.807, 2.05) is 6.07 Å². The monoisotopic (exact) mass is 239 g/mol. The summed E-state index contributed by atoms with van der Waals surface area (Å²) in [5.41, 5.74) is -0.212. The molecule has 1 heterocycles. The lowest BCUT2D eigenvalue weighted by Gasteiger charge is -2.28. The van der Waals surface area contributed by atoms with Gasteiger partial charge in [0.1, 0.15) is 6.33 Å². The standard InChI is InChI=1S/C11H17N3OS/c1-11(6-15,14-9-2-3-9)7-16-10-4-5-12-8-13-10/h4-5,8-9,14-15H,2-3,6-7H2,1H3. The van der Waals surface area contributed by atoms with Crippen molar-refractivity contribution in [2.24, 2.45) is 0 Å². The van der Waals surface area contributed by atoms with Crippen molar-refractivity contribution in [1.29, 1.82) is 0 Å². The summed E-state index contributed by atoms with van der Waals surface area (Å²) in [4.78, 5) is 8.03. The number of thioether (sulfide) groups is 1. The molecule has 16 heavy (non-hydrogen) atoms. The normalized spacial score (nSPS) is 19.4. The minimum atomic E-state index is -0.212. The van der Waals surface area contributed by atoms with Crippen molar-refractivity contribution in [2.75, 3.05) is 12.4 Å². The summed E-state index contributed by atoms with van der Waals surface area (Å²) in [6, 6.07) is 2.49. The van der Waals surface area contributed by atoms with Crippen LogP contribution in [0.2, 0.25) is 0 Å². The average Bonchev–Trinajstić information content (AvgIpc) is 3.12. The summed E-state index contributed by atoms with van der Waals surface area (Å²) in [6.07, 6.45) is 5.74. The molecule has 2 rings (SSSR count). The van der Waals surface area contributed by atoms with E-state index in [-0.39, 0.29) is 12.1 Å². The second kappa shape index (κ2) is 5.12. The number of aliphatic hydroxyl groups is 1. The number of nitrogens with one attached hydrogen (secondary N) is 1. The fourth-order valence-corrected chi connectivity index (χ4v) is 2.37. The first kappa shape index (κ1) is 11.8. The van der Waals surface area contributed by atoms with Crippen molar-refractivity contribution >= 4 is 11.8 Å².